The molecule has 4 heteroatoms. The second kappa shape index (κ2) is 5.71. The van der Waals surface area contributed by atoms with Crippen molar-refractivity contribution in [3.05, 3.63) is 67.1 Å². The van der Waals surface area contributed by atoms with Gasteiger partial charge in [-0.2, -0.15) is 0 Å². The summed E-state index contributed by atoms with van der Waals surface area (Å²) in [4.78, 5) is 0. The van der Waals surface area contributed by atoms with Crippen LogP contribution in [0, 0.1) is 6.92 Å². The lowest BCUT2D eigenvalue weighted by atomic mass is 10.0. The zero-order chi connectivity index (χ0) is 13.3. The van der Waals surface area contributed by atoms with E-state index in [9.17, 15) is 0 Å². The van der Waals surface area contributed by atoms with Gasteiger partial charge in [0.25, 0.3) is 0 Å². The third-order valence-electron chi connectivity index (χ3n) is 2.81. The molecule has 0 spiro atoms. The first-order chi connectivity index (χ1) is 8.50. The minimum Gasteiger partial charge on any atom is -0.0840 e. The van der Waals surface area contributed by atoms with Crippen LogP contribution >= 0.6 is 46.4 Å². The number of benzene rings is 2. The van der Waals surface area contributed by atoms with Crippen molar-refractivity contribution in [3.63, 3.8) is 0 Å². The van der Waals surface area contributed by atoms with Gasteiger partial charge < -0.3 is 0 Å². The quantitative estimate of drug-likeness (QED) is 0.618. The SMILES string of the molecule is Cc1c(Cl)ccc(Cc2cccc(Cl)c2Cl)c1Cl. The van der Waals surface area contributed by atoms with Crippen molar-refractivity contribution in [1.29, 1.82) is 0 Å². The van der Waals surface area contributed by atoms with Crippen molar-refractivity contribution >= 4 is 46.4 Å². The normalized spacial score (nSPS) is 10.7. The summed E-state index contributed by atoms with van der Waals surface area (Å²) >= 11 is 24.4. The summed E-state index contributed by atoms with van der Waals surface area (Å²) in [5, 5.41) is 2.47. The molecule has 0 atom stereocenters. The van der Waals surface area contributed by atoms with E-state index in [1.165, 1.54) is 0 Å². The van der Waals surface area contributed by atoms with E-state index < -0.39 is 0 Å². The van der Waals surface area contributed by atoms with Crippen LogP contribution < -0.4 is 0 Å². The standard InChI is InChI=1S/C14H10Cl4/c1-8-11(15)6-5-10(13(8)17)7-9-3-2-4-12(16)14(9)18/h2-6H,7H2,1H3. The molecule has 94 valence electrons. The fraction of sp³-hybridized carbons (Fsp3) is 0.143. The molecule has 0 saturated carbocycles. The van der Waals surface area contributed by atoms with Crippen molar-refractivity contribution in [2.75, 3.05) is 0 Å². The average Bonchev–Trinajstić information content (AvgIpc) is 2.35. The Morgan fingerprint density at radius 1 is 0.778 bits per heavy atom. The van der Waals surface area contributed by atoms with E-state index in [1.807, 2.05) is 31.2 Å². The third kappa shape index (κ3) is 2.78. The largest absolute Gasteiger partial charge is 0.0840 e. The molecule has 0 aliphatic carbocycles. The van der Waals surface area contributed by atoms with Gasteiger partial charge in [0.1, 0.15) is 0 Å². The maximum atomic E-state index is 6.28. The lowest BCUT2D eigenvalue weighted by Gasteiger charge is -2.10. The Balaban J connectivity index is 2.41. The number of halogens is 4. The van der Waals surface area contributed by atoms with Gasteiger partial charge in [-0.1, -0.05) is 64.6 Å². The molecule has 2 aromatic rings. The molecule has 2 aromatic carbocycles. The molecule has 0 bridgehead atoms. The molecule has 0 aliphatic heterocycles. The summed E-state index contributed by atoms with van der Waals surface area (Å²) in [5.41, 5.74) is 2.82. The highest BCUT2D eigenvalue weighted by molar-refractivity contribution is 6.42. The Labute approximate surface area is 126 Å². The Morgan fingerprint density at radius 3 is 2.17 bits per heavy atom. The maximum Gasteiger partial charge on any atom is 0.0627 e. The Kier molecular flexibility index (Phi) is 4.45. The van der Waals surface area contributed by atoms with Gasteiger partial charge in [-0.3, -0.25) is 0 Å². The first-order valence-corrected chi connectivity index (χ1v) is 6.88. The molecule has 0 aromatic heterocycles. The summed E-state index contributed by atoms with van der Waals surface area (Å²) in [5.74, 6) is 0. The predicted octanol–water partition coefficient (Wildman–Crippen LogP) is 6.20. The molecule has 0 fully saturated rings. The van der Waals surface area contributed by atoms with Crippen molar-refractivity contribution in [3.8, 4) is 0 Å². The lowest BCUT2D eigenvalue weighted by Crippen LogP contribution is -1.93. The van der Waals surface area contributed by atoms with E-state index in [0.29, 0.717) is 26.5 Å². The van der Waals surface area contributed by atoms with Crippen LogP contribution in [-0.2, 0) is 6.42 Å². The molecule has 0 amide bonds. The van der Waals surface area contributed by atoms with Gasteiger partial charge in [0.15, 0.2) is 0 Å². The fourth-order valence-corrected chi connectivity index (χ4v) is 2.57. The number of hydrogen-bond acceptors (Lipinski definition) is 0. The van der Waals surface area contributed by atoms with Gasteiger partial charge >= 0.3 is 0 Å². The van der Waals surface area contributed by atoms with E-state index in [2.05, 4.69) is 0 Å². The molecular weight excluding hydrogens is 310 g/mol. The van der Waals surface area contributed by atoms with Crippen LogP contribution in [0.2, 0.25) is 20.1 Å². The number of rotatable bonds is 2. The Morgan fingerprint density at radius 2 is 1.44 bits per heavy atom. The van der Waals surface area contributed by atoms with Gasteiger partial charge in [0.2, 0.25) is 0 Å². The van der Waals surface area contributed by atoms with Crippen LogP contribution in [0.15, 0.2) is 30.3 Å². The van der Waals surface area contributed by atoms with Crippen LogP contribution in [0.1, 0.15) is 16.7 Å². The minimum atomic E-state index is 0.552. The van der Waals surface area contributed by atoms with Crippen LogP contribution in [0.4, 0.5) is 0 Å². The summed E-state index contributed by atoms with van der Waals surface area (Å²) in [6, 6.07) is 9.34. The zero-order valence-corrected chi connectivity index (χ0v) is 12.6. The second-order valence-electron chi connectivity index (χ2n) is 4.04. The van der Waals surface area contributed by atoms with Crippen LogP contribution in [0.5, 0.6) is 0 Å². The Bertz CT molecular complexity index is 591. The van der Waals surface area contributed by atoms with Crippen LogP contribution in [0.3, 0.4) is 0 Å². The fourth-order valence-electron chi connectivity index (χ4n) is 1.74. The second-order valence-corrected chi connectivity index (χ2v) is 5.61. The molecule has 2 rings (SSSR count). The summed E-state index contributed by atoms with van der Waals surface area (Å²) in [7, 11) is 0. The van der Waals surface area contributed by atoms with E-state index in [-0.39, 0.29) is 0 Å². The highest BCUT2D eigenvalue weighted by Crippen LogP contribution is 2.32. The van der Waals surface area contributed by atoms with Crippen molar-refractivity contribution in [2.24, 2.45) is 0 Å². The molecule has 18 heavy (non-hydrogen) atoms. The molecule has 0 radical (unpaired) electrons. The molecule has 0 aliphatic rings. The average molecular weight is 320 g/mol. The first kappa shape index (κ1) is 14.0. The predicted molar refractivity (Wildman–Crippen MR) is 80.5 cm³/mol. The minimum absolute atomic E-state index is 0.552. The summed E-state index contributed by atoms with van der Waals surface area (Å²) in [6.07, 6.45) is 0.635. The van der Waals surface area contributed by atoms with E-state index in [1.54, 1.807) is 6.07 Å². The van der Waals surface area contributed by atoms with Gasteiger partial charge in [-0.25, -0.2) is 0 Å². The molecule has 0 nitrogen and oxygen atoms in total. The van der Waals surface area contributed by atoms with Crippen molar-refractivity contribution in [2.45, 2.75) is 13.3 Å². The molecule has 0 unspecified atom stereocenters. The van der Waals surface area contributed by atoms with Crippen LogP contribution in [-0.4, -0.2) is 0 Å². The van der Waals surface area contributed by atoms with Gasteiger partial charge in [-0.15, -0.1) is 0 Å². The van der Waals surface area contributed by atoms with Gasteiger partial charge in [-0.05, 0) is 35.7 Å². The highest BCUT2D eigenvalue weighted by Gasteiger charge is 2.10. The lowest BCUT2D eigenvalue weighted by molar-refractivity contribution is 1.18. The third-order valence-corrected chi connectivity index (χ3v) is 4.61. The van der Waals surface area contributed by atoms with Gasteiger partial charge in [0, 0.05) is 16.5 Å². The summed E-state index contributed by atoms with van der Waals surface area (Å²) < 4.78 is 0. The zero-order valence-electron chi connectivity index (χ0n) is 9.61. The molecule has 0 N–H and O–H groups in total. The molecule has 0 saturated heterocycles. The molecule has 0 heterocycles. The maximum absolute atomic E-state index is 6.28. The van der Waals surface area contributed by atoms with E-state index in [4.69, 9.17) is 46.4 Å². The van der Waals surface area contributed by atoms with E-state index in [0.717, 1.165) is 16.7 Å². The molecular formula is C14H10Cl4. The topological polar surface area (TPSA) is 0 Å². The highest BCUT2D eigenvalue weighted by atomic mass is 35.5. The van der Waals surface area contributed by atoms with Crippen LogP contribution in [0.25, 0.3) is 0 Å². The summed E-state index contributed by atoms with van der Waals surface area (Å²) in [6.45, 7) is 1.90. The van der Waals surface area contributed by atoms with Crippen molar-refractivity contribution in [1.82, 2.24) is 0 Å². The Hall–Kier alpha value is -0.400. The number of hydrogen-bond donors (Lipinski definition) is 0. The monoisotopic (exact) mass is 318 g/mol. The smallest absolute Gasteiger partial charge is 0.0627 e. The van der Waals surface area contributed by atoms with Crippen molar-refractivity contribution < 1.29 is 0 Å². The first-order valence-electron chi connectivity index (χ1n) is 5.37. The van der Waals surface area contributed by atoms with E-state index >= 15 is 0 Å². The van der Waals surface area contributed by atoms with Gasteiger partial charge in [0.05, 0.1) is 10.0 Å².